The van der Waals surface area contributed by atoms with Crippen LogP contribution in [0.3, 0.4) is 0 Å². The van der Waals surface area contributed by atoms with Crippen LogP contribution in [0.25, 0.3) is 5.32 Å². The van der Waals surface area contributed by atoms with Gasteiger partial charge in [0.15, 0.2) is 11.7 Å². The zero-order chi connectivity index (χ0) is 23.0. The van der Waals surface area contributed by atoms with Gasteiger partial charge in [0, 0.05) is 44.1 Å². The van der Waals surface area contributed by atoms with Crippen molar-refractivity contribution < 1.29 is 38.6 Å². The van der Waals surface area contributed by atoms with Gasteiger partial charge in [0.05, 0.1) is 0 Å². The van der Waals surface area contributed by atoms with Gasteiger partial charge in [0.25, 0.3) is 0 Å². The maximum absolute atomic E-state index is 8.74. The van der Waals surface area contributed by atoms with Crippen LogP contribution in [0, 0.1) is 0 Å². The van der Waals surface area contributed by atoms with E-state index >= 15 is 0 Å². The zero-order valence-electron chi connectivity index (χ0n) is 15.9. The number of nitrogens with zero attached hydrogens (tertiary/aromatic N) is 6. The first-order chi connectivity index (χ1) is 14.9. The minimum atomic E-state index is -4.67. The molecule has 2 aliphatic heterocycles. The molecule has 1 unspecified atom stereocenters. The molecule has 0 bridgehead atoms. The summed E-state index contributed by atoms with van der Waals surface area (Å²) in [6.45, 7) is 1.61. The van der Waals surface area contributed by atoms with Gasteiger partial charge in [0.1, 0.15) is 5.82 Å². The second-order valence-corrected chi connectivity index (χ2v) is 6.11. The standard InChI is InChI=1S/C8H9N4.C8H8N4.H2O4S.O.V/c2*1-3-9-7(10-4-1)8-11-5-2-6-12-8;1-5(2,3)4;;/h1-5,8,12H,6H2;1-5H,6H2,(H,11,12);(H2,1,2,3,4);;/q-1;;;;. The van der Waals surface area contributed by atoms with Crippen molar-refractivity contribution in [3.63, 3.8) is 0 Å². The molecule has 4 rings (SSSR count). The van der Waals surface area contributed by atoms with Crippen LogP contribution in [0.5, 0.6) is 0 Å². The summed E-state index contributed by atoms with van der Waals surface area (Å²) in [5.41, 5.74) is 0. The molecule has 2 aliphatic rings. The summed E-state index contributed by atoms with van der Waals surface area (Å²) in [5, 5.41) is 10.4. The number of hydrogen-bond acceptors (Lipinski definition) is 10. The molecule has 0 saturated heterocycles. The van der Waals surface area contributed by atoms with Gasteiger partial charge in [-0.25, -0.2) is 24.9 Å². The Hall–Kier alpha value is -2.88. The SMILES string of the molecule is C1=CN=C(c2ncccn2)NC1.C1=C[N-]C(c2ncccn2)NC1.O=S(=O)(O)O.[O]=[V]. The van der Waals surface area contributed by atoms with Gasteiger partial charge in [0.2, 0.25) is 0 Å². The van der Waals surface area contributed by atoms with Crippen molar-refractivity contribution in [2.24, 2.45) is 4.99 Å². The number of hydrogen-bond donors (Lipinski definition) is 4. The van der Waals surface area contributed by atoms with Crippen LogP contribution in [0.2, 0.25) is 0 Å². The van der Waals surface area contributed by atoms with Crippen molar-refractivity contribution in [2.45, 2.75) is 6.17 Å². The van der Waals surface area contributed by atoms with Gasteiger partial charge in [-0.2, -0.15) is 14.6 Å². The van der Waals surface area contributed by atoms with E-state index in [9.17, 15) is 0 Å². The van der Waals surface area contributed by atoms with E-state index in [1.165, 1.54) is 0 Å². The number of aliphatic imine (C=N–C) groups is 1. The third-order valence-corrected chi connectivity index (χ3v) is 3.07. The third kappa shape index (κ3) is 12.4. The average Bonchev–Trinajstić information content (AvgIpc) is 2.82. The molecule has 0 fully saturated rings. The van der Waals surface area contributed by atoms with Crippen LogP contribution in [-0.4, -0.2) is 56.4 Å². The van der Waals surface area contributed by atoms with E-state index in [4.69, 9.17) is 21.2 Å². The van der Waals surface area contributed by atoms with Gasteiger partial charge >= 0.3 is 31.4 Å². The Balaban J connectivity index is 0.000000241. The molecule has 2 aromatic rings. The van der Waals surface area contributed by atoms with Crippen LogP contribution >= 0.6 is 0 Å². The summed E-state index contributed by atoms with van der Waals surface area (Å²) in [5.74, 6) is 2.10. The predicted octanol–water partition coefficient (Wildman–Crippen LogP) is 0.532. The van der Waals surface area contributed by atoms with Gasteiger partial charge in [-0.1, -0.05) is 6.08 Å². The van der Waals surface area contributed by atoms with Crippen molar-refractivity contribution in [3.8, 4) is 0 Å². The molecule has 0 spiro atoms. The molecule has 15 heteroatoms. The fourth-order valence-electron chi connectivity index (χ4n) is 1.98. The van der Waals surface area contributed by atoms with Gasteiger partial charge in [-0.3, -0.25) is 9.11 Å². The van der Waals surface area contributed by atoms with Crippen LogP contribution in [0.1, 0.15) is 17.8 Å². The molecule has 0 amide bonds. The molecule has 4 heterocycles. The van der Waals surface area contributed by atoms with Crippen LogP contribution in [0.4, 0.5) is 0 Å². The molecule has 165 valence electrons. The maximum atomic E-state index is 8.74. The summed E-state index contributed by atoms with van der Waals surface area (Å²) in [7, 11) is -4.67. The molecule has 0 saturated carbocycles. The van der Waals surface area contributed by atoms with E-state index in [-0.39, 0.29) is 6.17 Å². The predicted molar refractivity (Wildman–Crippen MR) is 106 cm³/mol. The Bertz CT molecular complexity index is 952. The monoisotopic (exact) mass is 486 g/mol. The second kappa shape index (κ2) is 15.0. The van der Waals surface area contributed by atoms with E-state index in [1.54, 1.807) is 49.3 Å². The van der Waals surface area contributed by atoms with Crippen molar-refractivity contribution >= 4 is 16.2 Å². The number of nitrogens with one attached hydrogen (secondary N) is 2. The van der Waals surface area contributed by atoms with Crippen LogP contribution < -0.4 is 10.6 Å². The number of aromatic nitrogens is 4. The zero-order valence-corrected chi connectivity index (χ0v) is 18.1. The Labute approximate surface area is 188 Å². The molecule has 4 N–H and O–H groups in total. The van der Waals surface area contributed by atoms with E-state index < -0.39 is 10.4 Å². The van der Waals surface area contributed by atoms with E-state index in [0.29, 0.717) is 5.82 Å². The van der Waals surface area contributed by atoms with E-state index in [0.717, 1.165) is 42.1 Å². The van der Waals surface area contributed by atoms with Gasteiger partial charge in [-0.15, -0.1) is 0 Å². The molecule has 0 radical (unpaired) electrons. The summed E-state index contributed by atoms with van der Waals surface area (Å²) < 4.78 is 39.8. The number of amidine groups is 1. The Kier molecular flexibility index (Phi) is 12.7. The topological polar surface area (TPSA) is 194 Å². The van der Waals surface area contributed by atoms with Crippen LogP contribution in [-0.2, 0) is 31.4 Å². The summed E-state index contributed by atoms with van der Waals surface area (Å²) >= 11 is 1.06. The van der Waals surface area contributed by atoms with E-state index in [2.05, 4.69) is 40.9 Å². The van der Waals surface area contributed by atoms with Crippen molar-refractivity contribution in [1.29, 1.82) is 0 Å². The fourth-order valence-corrected chi connectivity index (χ4v) is 1.98. The summed E-state index contributed by atoms with van der Waals surface area (Å²) in [4.78, 5) is 20.4. The summed E-state index contributed by atoms with van der Waals surface area (Å²) in [6, 6.07) is 3.57. The van der Waals surface area contributed by atoms with Crippen molar-refractivity contribution in [3.05, 3.63) is 78.4 Å². The molecular weight excluding hydrogens is 467 g/mol. The molecular formula is C16H19N8O5SV-. The van der Waals surface area contributed by atoms with Crippen molar-refractivity contribution in [2.75, 3.05) is 13.1 Å². The van der Waals surface area contributed by atoms with E-state index in [1.807, 2.05) is 12.2 Å². The minimum absolute atomic E-state index is 0.0730. The quantitative estimate of drug-likeness (QED) is 0.433. The first-order valence-corrected chi connectivity index (χ1v) is 10.4. The number of rotatable bonds is 2. The molecule has 13 nitrogen and oxygen atoms in total. The Morgan fingerprint density at radius 1 is 0.968 bits per heavy atom. The molecule has 0 aromatic carbocycles. The fraction of sp³-hybridized carbons (Fsp3) is 0.188. The second-order valence-electron chi connectivity index (χ2n) is 5.22. The first-order valence-electron chi connectivity index (χ1n) is 8.41. The average molecular weight is 486 g/mol. The molecule has 0 aliphatic carbocycles. The Morgan fingerprint density at radius 3 is 2.03 bits per heavy atom. The Morgan fingerprint density at radius 2 is 1.55 bits per heavy atom. The summed E-state index contributed by atoms with van der Waals surface area (Å²) in [6.07, 6.45) is 14.2. The molecule has 2 aromatic heterocycles. The van der Waals surface area contributed by atoms with Gasteiger partial charge in [-0.05, 0) is 24.4 Å². The van der Waals surface area contributed by atoms with Crippen molar-refractivity contribution in [1.82, 2.24) is 30.6 Å². The first kappa shape index (κ1) is 26.2. The van der Waals surface area contributed by atoms with Crippen LogP contribution in [0.15, 0.2) is 66.5 Å². The van der Waals surface area contributed by atoms with Gasteiger partial charge < -0.3 is 16.0 Å². The normalized spacial score (nSPS) is 16.3. The third-order valence-electron chi connectivity index (χ3n) is 3.07. The molecule has 31 heavy (non-hydrogen) atoms. The molecule has 1 atom stereocenters.